The first-order chi connectivity index (χ1) is 9.13. The Morgan fingerprint density at radius 2 is 2.32 bits per heavy atom. The average Bonchev–Trinajstić information content (AvgIpc) is 2.84. The van der Waals surface area contributed by atoms with Crippen LogP contribution in [-0.2, 0) is 16.1 Å². The molecule has 0 spiro atoms. The zero-order valence-corrected chi connectivity index (χ0v) is 11.0. The van der Waals surface area contributed by atoms with Crippen LogP contribution in [0.3, 0.4) is 0 Å². The molecule has 0 aromatic carbocycles. The molecule has 0 aliphatic heterocycles. The van der Waals surface area contributed by atoms with Gasteiger partial charge in [-0.25, -0.2) is 9.78 Å². The summed E-state index contributed by atoms with van der Waals surface area (Å²) in [5, 5.41) is 11.5. The second-order valence-electron chi connectivity index (χ2n) is 3.95. The zero-order valence-electron chi connectivity index (χ0n) is 11.0. The third kappa shape index (κ3) is 6.01. The third-order valence-electron chi connectivity index (χ3n) is 2.44. The molecule has 106 valence electrons. The number of imidazole rings is 1. The van der Waals surface area contributed by atoms with Crippen LogP contribution in [0.5, 0.6) is 0 Å². The Bertz CT molecular complexity index is 417. The summed E-state index contributed by atoms with van der Waals surface area (Å²) in [5.74, 6) is -1.09. The minimum Gasteiger partial charge on any atom is -0.476 e. The van der Waals surface area contributed by atoms with Gasteiger partial charge in [-0.3, -0.25) is 4.79 Å². The molecule has 1 aromatic heterocycles. The van der Waals surface area contributed by atoms with Crippen molar-refractivity contribution >= 4 is 11.9 Å². The number of carbonyl (C=O) groups excluding carboxylic acids is 1. The first kappa shape index (κ1) is 15.2. The van der Waals surface area contributed by atoms with Gasteiger partial charge in [0.2, 0.25) is 5.91 Å². The fraction of sp³-hybridized carbons (Fsp3) is 0.583. The van der Waals surface area contributed by atoms with E-state index in [1.165, 1.54) is 12.5 Å². The maximum Gasteiger partial charge on any atom is 0.356 e. The molecule has 7 nitrogen and oxygen atoms in total. The van der Waals surface area contributed by atoms with E-state index in [2.05, 4.69) is 10.3 Å². The number of amides is 1. The van der Waals surface area contributed by atoms with Gasteiger partial charge in [-0.05, 0) is 13.3 Å². The number of ether oxygens (including phenoxy) is 1. The van der Waals surface area contributed by atoms with E-state index in [1.54, 1.807) is 4.57 Å². The van der Waals surface area contributed by atoms with Crippen LogP contribution in [0.4, 0.5) is 0 Å². The number of aromatic carboxylic acids is 1. The lowest BCUT2D eigenvalue weighted by Crippen LogP contribution is -2.27. The molecule has 0 aliphatic rings. The Kier molecular flexibility index (Phi) is 6.59. The van der Waals surface area contributed by atoms with Crippen molar-refractivity contribution in [3.8, 4) is 0 Å². The van der Waals surface area contributed by atoms with Gasteiger partial charge in [-0.2, -0.15) is 0 Å². The van der Waals surface area contributed by atoms with Crippen molar-refractivity contribution in [3.63, 3.8) is 0 Å². The van der Waals surface area contributed by atoms with Gasteiger partial charge >= 0.3 is 5.97 Å². The summed E-state index contributed by atoms with van der Waals surface area (Å²) in [6.45, 7) is 4.11. The Morgan fingerprint density at radius 3 is 2.95 bits per heavy atom. The lowest BCUT2D eigenvalue weighted by Gasteiger charge is -2.05. The van der Waals surface area contributed by atoms with Gasteiger partial charge < -0.3 is 19.7 Å². The molecule has 0 bridgehead atoms. The van der Waals surface area contributed by atoms with Crippen molar-refractivity contribution in [1.82, 2.24) is 14.9 Å². The van der Waals surface area contributed by atoms with Crippen molar-refractivity contribution in [2.45, 2.75) is 26.3 Å². The SMILES string of the molecule is CCOCCCC(=O)NCCn1cnc(C(=O)O)c1. The van der Waals surface area contributed by atoms with Crippen molar-refractivity contribution in [3.05, 3.63) is 18.2 Å². The molecule has 19 heavy (non-hydrogen) atoms. The van der Waals surface area contributed by atoms with Crippen LogP contribution in [-0.4, -0.2) is 46.3 Å². The molecule has 1 amide bonds. The normalized spacial score (nSPS) is 10.4. The first-order valence-corrected chi connectivity index (χ1v) is 6.23. The molecule has 0 radical (unpaired) electrons. The molecular weight excluding hydrogens is 250 g/mol. The topological polar surface area (TPSA) is 93.5 Å². The van der Waals surface area contributed by atoms with Crippen LogP contribution in [0, 0.1) is 0 Å². The molecule has 7 heteroatoms. The molecule has 0 saturated carbocycles. The molecule has 0 fully saturated rings. The van der Waals surface area contributed by atoms with Gasteiger partial charge in [-0.1, -0.05) is 0 Å². The molecular formula is C12H19N3O4. The highest BCUT2D eigenvalue weighted by Crippen LogP contribution is 1.95. The quantitative estimate of drug-likeness (QED) is 0.637. The molecule has 0 aliphatic carbocycles. The van der Waals surface area contributed by atoms with Gasteiger partial charge in [0, 0.05) is 38.9 Å². The monoisotopic (exact) mass is 269 g/mol. The predicted octanol–water partition coefficient (Wildman–Crippen LogP) is 0.514. The summed E-state index contributed by atoms with van der Waals surface area (Å²) in [5.41, 5.74) is 0.00282. The van der Waals surface area contributed by atoms with Crippen molar-refractivity contribution in [1.29, 1.82) is 0 Å². The van der Waals surface area contributed by atoms with E-state index < -0.39 is 5.97 Å². The minimum absolute atomic E-state index is 0.00282. The number of hydrogen-bond acceptors (Lipinski definition) is 4. The number of carboxylic acid groups (broad SMARTS) is 1. The average molecular weight is 269 g/mol. The Hall–Kier alpha value is -1.89. The van der Waals surface area contributed by atoms with Crippen molar-refractivity contribution in [2.24, 2.45) is 0 Å². The van der Waals surface area contributed by atoms with Crippen LogP contribution in [0.1, 0.15) is 30.3 Å². The number of rotatable bonds is 9. The third-order valence-corrected chi connectivity index (χ3v) is 2.44. The maximum atomic E-state index is 11.4. The number of hydrogen-bond donors (Lipinski definition) is 2. The number of aromatic nitrogens is 2. The molecule has 0 unspecified atom stereocenters. The fourth-order valence-electron chi connectivity index (χ4n) is 1.48. The van der Waals surface area contributed by atoms with E-state index in [0.717, 1.165) is 0 Å². The van der Waals surface area contributed by atoms with E-state index in [9.17, 15) is 9.59 Å². The summed E-state index contributed by atoms with van der Waals surface area (Å²) in [6.07, 6.45) is 4.01. The Morgan fingerprint density at radius 1 is 1.53 bits per heavy atom. The Labute approximate surface area is 111 Å². The van der Waals surface area contributed by atoms with Gasteiger partial charge in [0.1, 0.15) is 0 Å². The highest BCUT2D eigenvalue weighted by atomic mass is 16.5. The molecule has 1 heterocycles. The number of carbonyl (C=O) groups is 2. The summed E-state index contributed by atoms with van der Waals surface area (Å²) >= 11 is 0. The van der Waals surface area contributed by atoms with Crippen LogP contribution in [0.25, 0.3) is 0 Å². The molecule has 1 aromatic rings. The van der Waals surface area contributed by atoms with E-state index in [4.69, 9.17) is 9.84 Å². The van der Waals surface area contributed by atoms with Crippen LogP contribution >= 0.6 is 0 Å². The van der Waals surface area contributed by atoms with Crippen LogP contribution in [0.15, 0.2) is 12.5 Å². The fourth-order valence-corrected chi connectivity index (χ4v) is 1.48. The van der Waals surface area contributed by atoms with E-state index in [0.29, 0.717) is 39.1 Å². The molecule has 2 N–H and O–H groups in total. The summed E-state index contributed by atoms with van der Waals surface area (Å²) in [7, 11) is 0. The predicted molar refractivity (Wildman–Crippen MR) is 67.9 cm³/mol. The number of carboxylic acids is 1. The summed E-state index contributed by atoms with van der Waals surface area (Å²) in [4.78, 5) is 25.8. The van der Waals surface area contributed by atoms with E-state index >= 15 is 0 Å². The standard InChI is InChI=1S/C12H19N3O4/c1-2-19-7-3-4-11(16)13-5-6-15-8-10(12(17)18)14-9-15/h8-9H,2-7H2,1H3,(H,13,16)(H,17,18). The smallest absolute Gasteiger partial charge is 0.356 e. The summed E-state index contributed by atoms with van der Waals surface area (Å²) < 4.78 is 6.76. The van der Waals surface area contributed by atoms with Gasteiger partial charge in [-0.15, -0.1) is 0 Å². The zero-order chi connectivity index (χ0) is 14.1. The molecule has 0 atom stereocenters. The largest absolute Gasteiger partial charge is 0.476 e. The van der Waals surface area contributed by atoms with Crippen molar-refractivity contribution < 1.29 is 19.4 Å². The van der Waals surface area contributed by atoms with Crippen LogP contribution < -0.4 is 5.32 Å². The van der Waals surface area contributed by atoms with Gasteiger partial charge in [0.05, 0.1) is 6.33 Å². The lowest BCUT2D eigenvalue weighted by atomic mass is 10.3. The number of nitrogens with one attached hydrogen (secondary N) is 1. The maximum absolute atomic E-state index is 11.4. The Balaban J connectivity index is 2.15. The highest BCUT2D eigenvalue weighted by Gasteiger charge is 2.06. The van der Waals surface area contributed by atoms with E-state index in [1.807, 2.05) is 6.92 Å². The second-order valence-corrected chi connectivity index (χ2v) is 3.95. The molecule has 0 saturated heterocycles. The molecule has 1 rings (SSSR count). The lowest BCUT2D eigenvalue weighted by molar-refractivity contribution is -0.121. The minimum atomic E-state index is -1.06. The van der Waals surface area contributed by atoms with Gasteiger partial charge in [0.15, 0.2) is 5.69 Å². The second kappa shape index (κ2) is 8.25. The van der Waals surface area contributed by atoms with Crippen molar-refractivity contribution in [2.75, 3.05) is 19.8 Å². The van der Waals surface area contributed by atoms with Gasteiger partial charge in [0.25, 0.3) is 0 Å². The first-order valence-electron chi connectivity index (χ1n) is 6.23. The number of nitrogens with zero attached hydrogens (tertiary/aromatic N) is 2. The van der Waals surface area contributed by atoms with E-state index in [-0.39, 0.29) is 11.6 Å². The van der Waals surface area contributed by atoms with Crippen LogP contribution in [0.2, 0.25) is 0 Å². The summed E-state index contributed by atoms with van der Waals surface area (Å²) in [6, 6.07) is 0. The highest BCUT2D eigenvalue weighted by molar-refractivity contribution is 5.84.